The third kappa shape index (κ3) is 5.27. The molecule has 0 unspecified atom stereocenters. The number of sulfone groups is 1. The molecule has 0 saturated heterocycles. The molecule has 1 aliphatic rings. The molecule has 0 spiro atoms. The van der Waals surface area contributed by atoms with Crippen LogP contribution in [0.15, 0.2) is 21.3 Å². The zero-order valence-electron chi connectivity index (χ0n) is 10.8. The standard InChI is InChI=1S/C11H17N3O2S2.HI/c1-12-11(14-8-3-4-8)13-7-9-5-6-10(17-9)18(2,15)16;/h5-6,8H,3-4,7H2,1-2H3,(H2,12,13,14);1H. The van der Waals surface area contributed by atoms with E-state index in [0.29, 0.717) is 16.8 Å². The summed E-state index contributed by atoms with van der Waals surface area (Å²) >= 11 is 1.29. The highest BCUT2D eigenvalue weighted by Gasteiger charge is 2.22. The molecule has 8 heteroatoms. The molecule has 108 valence electrons. The van der Waals surface area contributed by atoms with Gasteiger partial charge in [-0.25, -0.2) is 8.42 Å². The topological polar surface area (TPSA) is 70.6 Å². The van der Waals surface area contributed by atoms with Gasteiger partial charge in [-0.3, -0.25) is 4.99 Å². The molecule has 1 aromatic heterocycles. The van der Waals surface area contributed by atoms with Crippen LogP contribution in [0.1, 0.15) is 17.7 Å². The maximum atomic E-state index is 11.3. The predicted molar refractivity (Wildman–Crippen MR) is 89.2 cm³/mol. The number of hydrogen-bond donors (Lipinski definition) is 2. The SMILES string of the molecule is CN=C(NCc1ccc(S(C)(=O)=O)s1)NC1CC1.I. The fourth-order valence-electron chi connectivity index (χ4n) is 1.44. The monoisotopic (exact) mass is 415 g/mol. The molecule has 1 fully saturated rings. The van der Waals surface area contributed by atoms with Gasteiger partial charge in [-0.1, -0.05) is 0 Å². The molecule has 19 heavy (non-hydrogen) atoms. The van der Waals surface area contributed by atoms with E-state index in [4.69, 9.17) is 0 Å². The predicted octanol–water partition coefficient (Wildman–Crippen LogP) is 1.60. The van der Waals surface area contributed by atoms with E-state index in [2.05, 4.69) is 15.6 Å². The molecule has 0 aliphatic heterocycles. The van der Waals surface area contributed by atoms with Gasteiger partial charge in [0, 0.05) is 24.2 Å². The zero-order valence-corrected chi connectivity index (χ0v) is 14.8. The first-order chi connectivity index (χ1) is 8.49. The van der Waals surface area contributed by atoms with Crippen molar-refractivity contribution in [3.05, 3.63) is 17.0 Å². The summed E-state index contributed by atoms with van der Waals surface area (Å²) in [5.41, 5.74) is 0. The van der Waals surface area contributed by atoms with Crippen LogP contribution in [0, 0.1) is 0 Å². The summed E-state index contributed by atoms with van der Waals surface area (Å²) in [6, 6.07) is 4.03. The van der Waals surface area contributed by atoms with E-state index in [9.17, 15) is 8.42 Å². The average Bonchev–Trinajstić information content (AvgIpc) is 2.97. The number of aliphatic imine (C=N–C) groups is 1. The number of guanidine groups is 1. The normalized spacial score (nSPS) is 15.8. The number of halogens is 1. The Hall–Kier alpha value is -0.350. The van der Waals surface area contributed by atoms with Gasteiger partial charge in [0.05, 0.1) is 6.54 Å². The molecule has 0 atom stereocenters. The minimum absolute atomic E-state index is 0. The van der Waals surface area contributed by atoms with Crippen LogP contribution in [0.3, 0.4) is 0 Å². The smallest absolute Gasteiger partial charge is 0.191 e. The van der Waals surface area contributed by atoms with Crippen LogP contribution in [0.25, 0.3) is 0 Å². The summed E-state index contributed by atoms with van der Waals surface area (Å²) in [5, 5.41) is 6.45. The Labute approximate surface area is 134 Å². The maximum Gasteiger partial charge on any atom is 0.191 e. The van der Waals surface area contributed by atoms with E-state index in [0.717, 1.165) is 10.8 Å². The molecule has 1 heterocycles. The van der Waals surface area contributed by atoms with Gasteiger partial charge in [0.15, 0.2) is 15.8 Å². The van der Waals surface area contributed by atoms with Gasteiger partial charge in [0.1, 0.15) is 4.21 Å². The van der Waals surface area contributed by atoms with E-state index in [-0.39, 0.29) is 24.0 Å². The molecule has 2 rings (SSSR count). The lowest BCUT2D eigenvalue weighted by Gasteiger charge is -2.09. The first-order valence-corrected chi connectivity index (χ1v) is 8.46. The van der Waals surface area contributed by atoms with E-state index in [1.54, 1.807) is 13.1 Å². The van der Waals surface area contributed by atoms with Gasteiger partial charge >= 0.3 is 0 Å². The van der Waals surface area contributed by atoms with Crippen molar-refractivity contribution in [2.45, 2.75) is 29.6 Å². The fourth-order valence-corrected chi connectivity index (χ4v) is 3.36. The second-order valence-electron chi connectivity index (χ2n) is 4.34. The molecule has 1 aromatic rings. The maximum absolute atomic E-state index is 11.3. The Morgan fingerprint density at radius 1 is 1.47 bits per heavy atom. The highest BCUT2D eigenvalue weighted by atomic mass is 127. The Kier molecular flexibility index (Phi) is 6.06. The number of rotatable bonds is 4. The number of hydrogen-bond acceptors (Lipinski definition) is 4. The quantitative estimate of drug-likeness (QED) is 0.445. The van der Waals surface area contributed by atoms with Crippen molar-refractivity contribution in [2.75, 3.05) is 13.3 Å². The van der Waals surface area contributed by atoms with Crippen molar-refractivity contribution in [3.63, 3.8) is 0 Å². The van der Waals surface area contributed by atoms with Crippen LogP contribution >= 0.6 is 35.3 Å². The second-order valence-corrected chi connectivity index (χ2v) is 7.75. The lowest BCUT2D eigenvalue weighted by Crippen LogP contribution is -2.37. The van der Waals surface area contributed by atoms with E-state index in [1.807, 2.05) is 6.07 Å². The van der Waals surface area contributed by atoms with Gasteiger partial charge in [0.25, 0.3) is 0 Å². The summed E-state index contributed by atoms with van der Waals surface area (Å²) in [6.45, 7) is 0.590. The molecule has 0 bridgehead atoms. The highest BCUT2D eigenvalue weighted by Crippen LogP contribution is 2.21. The zero-order chi connectivity index (χ0) is 13.2. The van der Waals surface area contributed by atoms with Gasteiger partial charge in [-0.15, -0.1) is 35.3 Å². The van der Waals surface area contributed by atoms with Crippen LogP contribution < -0.4 is 10.6 Å². The first kappa shape index (κ1) is 16.7. The lowest BCUT2D eigenvalue weighted by atomic mass is 10.4. The number of nitrogens with one attached hydrogen (secondary N) is 2. The van der Waals surface area contributed by atoms with Gasteiger partial charge in [0.2, 0.25) is 0 Å². The van der Waals surface area contributed by atoms with Crippen LogP contribution in [-0.2, 0) is 16.4 Å². The van der Waals surface area contributed by atoms with E-state index < -0.39 is 9.84 Å². The van der Waals surface area contributed by atoms with Crippen molar-refractivity contribution < 1.29 is 8.42 Å². The first-order valence-electron chi connectivity index (χ1n) is 5.75. The van der Waals surface area contributed by atoms with Crippen molar-refractivity contribution in [2.24, 2.45) is 4.99 Å². The number of thiophene rings is 1. The van der Waals surface area contributed by atoms with Crippen LogP contribution in [0.2, 0.25) is 0 Å². The molecule has 1 saturated carbocycles. The van der Waals surface area contributed by atoms with Crippen LogP contribution in [0.5, 0.6) is 0 Å². The minimum Gasteiger partial charge on any atom is -0.354 e. The molecule has 5 nitrogen and oxygen atoms in total. The molecular weight excluding hydrogens is 397 g/mol. The minimum atomic E-state index is -3.09. The Balaban J connectivity index is 0.00000180. The summed E-state index contributed by atoms with van der Waals surface area (Å²) in [6.07, 6.45) is 3.61. The summed E-state index contributed by atoms with van der Waals surface area (Å²) in [7, 11) is -1.36. The highest BCUT2D eigenvalue weighted by molar-refractivity contribution is 14.0. The summed E-state index contributed by atoms with van der Waals surface area (Å²) in [4.78, 5) is 5.10. The van der Waals surface area contributed by atoms with Crippen molar-refractivity contribution in [1.29, 1.82) is 0 Å². The van der Waals surface area contributed by atoms with Crippen molar-refractivity contribution >= 4 is 51.1 Å². The molecule has 0 radical (unpaired) electrons. The second kappa shape index (κ2) is 6.89. The van der Waals surface area contributed by atoms with Crippen molar-refractivity contribution in [1.82, 2.24) is 10.6 Å². The Morgan fingerprint density at radius 3 is 2.63 bits per heavy atom. The molecule has 2 N–H and O–H groups in total. The average molecular weight is 415 g/mol. The Bertz CT molecular complexity index is 550. The Morgan fingerprint density at radius 2 is 2.16 bits per heavy atom. The summed E-state index contributed by atoms with van der Waals surface area (Å²) in [5.74, 6) is 0.770. The number of nitrogens with zero attached hydrogens (tertiary/aromatic N) is 1. The van der Waals surface area contributed by atoms with Crippen LogP contribution in [0.4, 0.5) is 0 Å². The fraction of sp³-hybridized carbons (Fsp3) is 0.545. The molecule has 0 aromatic carbocycles. The van der Waals surface area contributed by atoms with Gasteiger partial charge < -0.3 is 10.6 Å². The van der Waals surface area contributed by atoms with Crippen LogP contribution in [-0.4, -0.2) is 33.7 Å². The molecular formula is C11H18IN3O2S2. The molecule has 0 amide bonds. The van der Waals surface area contributed by atoms with Crippen molar-refractivity contribution in [3.8, 4) is 0 Å². The third-order valence-electron chi connectivity index (χ3n) is 2.57. The van der Waals surface area contributed by atoms with E-state index in [1.165, 1.54) is 30.4 Å². The molecule has 1 aliphatic carbocycles. The third-order valence-corrected chi connectivity index (χ3v) is 5.48. The lowest BCUT2D eigenvalue weighted by molar-refractivity contribution is 0.604. The van der Waals surface area contributed by atoms with Gasteiger partial charge in [-0.2, -0.15) is 0 Å². The largest absolute Gasteiger partial charge is 0.354 e. The summed E-state index contributed by atoms with van der Waals surface area (Å²) < 4.78 is 23.1. The van der Waals surface area contributed by atoms with Gasteiger partial charge in [-0.05, 0) is 25.0 Å². The van der Waals surface area contributed by atoms with E-state index >= 15 is 0 Å².